The number of pyridine rings is 1. The second kappa shape index (κ2) is 13.0. The van der Waals surface area contributed by atoms with Crippen molar-refractivity contribution in [2.24, 2.45) is 0 Å². The van der Waals surface area contributed by atoms with Crippen molar-refractivity contribution in [1.29, 1.82) is 0 Å². The van der Waals surface area contributed by atoms with Gasteiger partial charge < -0.3 is 14.2 Å². The number of carbonyl (C=O) groups is 1. The zero-order chi connectivity index (χ0) is 27.8. The highest BCUT2D eigenvalue weighted by atomic mass is 19.1. The first-order chi connectivity index (χ1) is 18.8. The van der Waals surface area contributed by atoms with E-state index >= 15 is 0 Å². The molecular formula is C32H33FN2O4. The number of hydrogen-bond acceptors (Lipinski definition) is 6. The SMILES string of the molecule is CNCOC(=O)CCc1ccc(OCc2cccc(-c3c(C)cc(Oc4cccc(C)n4)cc3C)c2)cc1F. The number of hydrogen-bond donors (Lipinski definition) is 1. The summed E-state index contributed by atoms with van der Waals surface area (Å²) in [6.45, 7) is 6.49. The topological polar surface area (TPSA) is 69.7 Å². The zero-order valence-corrected chi connectivity index (χ0v) is 22.7. The van der Waals surface area contributed by atoms with Gasteiger partial charge in [-0.1, -0.05) is 30.3 Å². The molecule has 1 heterocycles. The number of halogens is 1. The first kappa shape index (κ1) is 27.8. The maximum absolute atomic E-state index is 14.6. The van der Waals surface area contributed by atoms with E-state index in [2.05, 4.69) is 36.3 Å². The van der Waals surface area contributed by atoms with Crippen molar-refractivity contribution >= 4 is 5.97 Å². The average Bonchev–Trinajstić information content (AvgIpc) is 2.90. The molecule has 0 aliphatic heterocycles. The molecule has 7 heteroatoms. The lowest BCUT2D eigenvalue weighted by Crippen LogP contribution is -2.16. The molecule has 0 bridgehead atoms. The summed E-state index contributed by atoms with van der Waals surface area (Å²) in [5, 5.41) is 2.73. The van der Waals surface area contributed by atoms with E-state index in [4.69, 9.17) is 14.2 Å². The predicted molar refractivity (Wildman–Crippen MR) is 149 cm³/mol. The van der Waals surface area contributed by atoms with E-state index in [9.17, 15) is 9.18 Å². The van der Waals surface area contributed by atoms with Gasteiger partial charge in [0.1, 0.15) is 30.7 Å². The monoisotopic (exact) mass is 528 g/mol. The summed E-state index contributed by atoms with van der Waals surface area (Å²) in [6.07, 6.45) is 0.376. The van der Waals surface area contributed by atoms with Crippen molar-refractivity contribution in [3.63, 3.8) is 0 Å². The third kappa shape index (κ3) is 7.65. The molecular weight excluding hydrogens is 495 g/mol. The Labute approximate surface area is 228 Å². The van der Waals surface area contributed by atoms with Crippen molar-refractivity contribution in [3.05, 3.63) is 107 Å². The molecule has 4 aromatic rings. The Kier molecular flexibility index (Phi) is 9.28. The van der Waals surface area contributed by atoms with Crippen LogP contribution in [-0.4, -0.2) is 24.7 Å². The van der Waals surface area contributed by atoms with Gasteiger partial charge in [0.2, 0.25) is 5.88 Å². The summed E-state index contributed by atoms with van der Waals surface area (Å²) in [6, 6.07) is 22.6. The zero-order valence-electron chi connectivity index (χ0n) is 22.7. The van der Waals surface area contributed by atoms with E-state index < -0.39 is 5.82 Å². The molecule has 0 spiro atoms. The summed E-state index contributed by atoms with van der Waals surface area (Å²) in [7, 11) is 1.68. The molecule has 0 saturated heterocycles. The summed E-state index contributed by atoms with van der Waals surface area (Å²) >= 11 is 0. The molecule has 4 rings (SSSR count). The molecule has 1 aromatic heterocycles. The molecule has 39 heavy (non-hydrogen) atoms. The number of benzene rings is 3. The molecule has 0 saturated carbocycles. The largest absolute Gasteiger partial charge is 0.489 e. The molecule has 0 unspecified atom stereocenters. The number of aryl methyl sites for hydroxylation is 4. The van der Waals surface area contributed by atoms with Gasteiger partial charge in [-0.05, 0) is 98.0 Å². The summed E-state index contributed by atoms with van der Waals surface area (Å²) < 4.78 is 31.4. The summed E-state index contributed by atoms with van der Waals surface area (Å²) in [5.74, 6) is 0.957. The highest BCUT2D eigenvalue weighted by Crippen LogP contribution is 2.33. The van der Waals surface area contributed by atoms with Gasteiger partial charge in [0.25, 0.3) is 0 Å². The lowest BCUT2D eigenvalue weighted by molar-refractivity contribution is -0.144. The van der Waals surface area contributed by atoms with Gasteiger partial charge in [-0.25, -0.2) is 9.37 Å². The van der Waals surface area contributed by atoms with Crippen LogP contribution in [-0.2, 0) is 22.6 Å². The van der Waals surface area contributed by atoms with Crippen LogP contribution in [0.5, 0.6) is 17.4 Å². The molecule has 3 aromatic carbocycles. The van der Waals surface area contributed by atoms with Crippen LogP contribution in [0, 0.1) is 26.6 Å². The Morgan fingerprint density at radius 2 is 1.69 bits per heavy atom. The quantitative estimate of drug-likeness (QED) is 0.170. The fourth-order valence-corrected chi connectivity index (χ4v) is 4.40. The standard InChI is InChI=1S/C32H33FN2O4/c1-21-15-28(39-30-10-5-7-23(3)35-30)16-22(2)32(21)26-9-6-8-24(17-26)19-37-27-13-11-25(29(33)18-27)12-14-31(36)38-20-34-4/h5-11,13,15-18,34H,12,14,19-20H2,1-4H3. The van der Waals surface area contributed by atoms with Crippen LogP contribution in [0.25, 0.3) is 11.1 Å². The fraction of sp³-hybridized carbons (Fsp3) is 0.250. The van der Waals surface area contributed by atoms with E-state index in [0.29, 0.717) is 23.8 Å². The molecule has 0 amide bonds. The van der Waals surface area contributed by atoms with Crippen LogP contribution < -0.4 is 14.8 Å². The second-order valence-corrected chi connectivity index (χ2v) is 9.41. The van der Waals surface area contributed by atoms with E-state index in [-0.39, 0.29) is 25.5 Å². The third-order valence-electron chi connectivity index (χ3n) is 6.21. The number of ether oxygens (including phenoxy) is 3. The second-order valence-electron chi connectivity index (χ2n) is 9.41. The maximum Gasteiger partial charge on any atom is 0.307 e. The van der Waals surface area contributed by atoms with Crippen molar-refractivity contribution in [1.82, 2.24) is 10.3 Å². The minimum absolute atomic E-state index is 0.111. The molecule has 0 fully saturated rings. The molecule has 1 N–H and O–H groups in total. The lowest BCUT2D eigenvalue weighted by atomic mass is 9.94. The third-order valence-corrected chi connectivity index (χ3v) is 6.21. The normalized spacial score (nSPS) is 10.8. The van der Waals surface area contributed by atoms with E-state index in [1.807, 2.05) is 49.4 Å². The van der Waals surface area contributed by atoms with Gasteiger partial charge in [-0.2, -0.15) is 0 Å². The molecule has 0 aliphatic rings. The molecule has 202 valence electrons. The van der Waals surface area contributed by atoms with Gasteiger partial charge in [-0.3, -0.25) is 10.1 Å². The predicted octanol–water partition coefficient (Wildman–Crippen LogP) is 6.84. The Balaban J connectivity index is 1.41. The number of rotatable bonds is 11. The molecule has 0 radical (unpaired) electrons. The van der Waals surface area contributed by atoms with Crippen LogP contribution in [0.1, 0.15) is 34.4 Å². The Morgan fingerprint density at radius 3 is 2.41 bits per heavy atom. The number of nitrogens with zero attached hydrogens (tertiary/aromatic N) is 1. The summed E-state index contributed by atoms with van der Waals surface area (Å²) in [4.78, 5) is 16.1. The average molecular weight is 529 g/mol. The Bertz CT molecular complexity index is 1430. The van der Waals surface area contributed by atoms with Crippen molar-refractivity contribution in [2.75, 3.05) is 13.8 Å². The van der Waals surface area contributed by atoms with E-state index in [0.717, 1.165) is 39.3 Å². The minimum atomic E-state index is -0.405. The first-order valence-electron chi connectivity index (χ1n) is 12.9. The highest BCUT2D eigenvalue weighted by molar-refractivity contribution is 5.72. The molecule has 0 atom stereocenters. The van der Waals surface area contributed by atoms with Crippen molar-refractivity contribution in [3.8, 4) is 28.5 Å². The Hall–Kier alpha value is -4.23. The minimum Gasteiger partial charge on any atom is -0.489 e. The van der Waals surface area contributed by atoms with Crippen LogP contribution >= 0.6 is 0 Å². The smallest absolute Gasteiger partial charge is 0.307 e. The Morgan fingerprint density at radius 1 is 0.923 bits per heavy atom. The molecule has 6 nitrogen and oxygen atoms in total. The van der Waals surface area contributed by atoms with Gasteiger partial charge in [0, 0.05) is 24.2 Å². The molecule has 0 aliphatic carbocycles. The maximum atomic E-state index is 14.6. The lowest BCUT2D eigenvalue weighted by Gasteiger charge is -2.15. The fourth-order valence-electron chi connectivity index (χ4n) is 4.40. The van der Waals surface area contributed by atoms with Gasteiger partial charge in [0.05, 0.1) is 0 Å². The van der Waals surface area contributed by atoms with Crippen molar-refractivity contribution < 1.29 is 23.4 Å². The van der Waals surface area contributed by atoms with Crippen LogP contribution in [0.2, 0.25) is 0 Å². The van der Waals surface area contributed by atoms with Crippen molar-refractivity contribution in [2.45, 2.75) is 40.2 Å². The van der Waals surface area contributed by atoms with Gasteiger partial charge in [0.15, 0.2) is 0 Å². The number of esters is 1. The van der Waals surface area contributed by atoms with E-state index in [1.54, 1.807) is 19.2 Å². The van der Waals surface area contributed by atoms with Crippen LogP contribution in [0.4, 0.5) is 4.39 Å². The van der Waals surface area contributed by atoms with Crippen LogP contribution in [0.15, 0.2) is 72.8 Å². The van der Waals surface area contributed by atoms with Crippen LogP contribution in [0.3, 0.4) is 0 Å². The van der Waals surface area contributed by atoms with Gasteiger partial charge >= 0.3 is 5.97 Å². The first-order valence-corrected chi connectivity index (χ1v) is 12.9. The highest BCUT2D eigenvalue weighted by Gasteiger charge is 2.12. The number of carbonyl (C=O) groups excluding carboxylic acids is 1. The summed E-state index contributed by atoms with van der Waals surface area (Å²) in [5.41, 5.74) is 6.68. The number of aromatic nitrogens is 1. The van der Waals surface area contributed by atoms with E-state index in [1.165, 1.54) is 6.07 Å². The number of nitrogens with one attached hydrogen (secondary N) is 1. The van der Waals surface area contributed by atoms with Gasteiger partial charge in [-0.15, -0.1) is 0 Å².